The Morgan fingerprint density at radius 1 is 1.48 bits per heavy atom. The summed E-state index contributed by atoms with van der Waals surface area (Å²) in [6.07, 6.45) is 5.90. The lowest BCUT2D eigenvalue weighted by Gasteiger charge is -2.34. The van der Waals surface area contributed by atoms with Crippen LogP contribution in [-0.4, -0.2) is 57.7 Å². The molecule has 0 aromatic carbocycles. The van der Waals surface area contributed by atoms with Crippen molar-refractivity contribution in [1.29, 1.82) is 0 Å². The molecule has 6 heteroatoms. The van der Waals surface area contributed by atoms with E-state index in [1.807, 2.05) is 47.3 Å². The summed E-state index contributed by atoms with van der Waals surface area (Å²) in [5.74, 6) is 1.58. The first-order valence-electron chi connectivity index (χ1n) is 8.37. The first-order valence-corrected chi connectivity index (χ1v) is 8.37. The van der Waals surface area contributed by atoms with Crippen molar-refractivity contribution >= 4 is 6.09 Å². The van der Waals surface area contributed by atoms with Gasteiger partial charge in [-0.1, -0.05) is 0 Å². The highest BCUT2D eigenvalue weighted by Crippen LogP contribution is 2.20. The lowest BCUT2D eigenvalue weighted by molar-refractivity contribution is 0.0240. The monoisotopic (exact) mass is 322 g/mol. The van der Waals surface area contributed by atoms with Crippen LogP contribution in [0.3, 0.4) is 0 Å². The quantitative estimate of drug-likeness (QED) is 0.854. The molecule has 23 heavy (non-hydrogen) atoms. The van der Waals surface area contributed by atoms with E-state index in [-0.39, 0.29) is 6.09 Å². The third-order valence-corrected chi connectivity index (χ3v) is 4.13. The largest absolute Gasteiger partial charge is 0.444 e. The zero-order valence-corrected chi connectivity index (χ0v) is 15.1. The van der Waals surface area contributed by atoms with E-state index in [1.165, 1.54) is 0 Å². The Morgan fingerprint density at radius 3 is 2.83 bits per heavy atom. The Balaban J connectivity index is 1.84. The van der Waals surface area contributed by atoms with Gasteiger partial charge in [-0.3, -0.25) is 4.90 Å². The average Bonchev–Trinajstić information content (AvgIpc) is 2.83. The van der Waals surface area contributed by atoms with Crippen molar-refractivity contribution in [3.8, 4) is 0 Å². The van der Waals surface area contributed by atoms with Crippen molar-refractivity contribution in [2.45, 2.75) is 45.8 Å². The molecule has 1 atom stereocenters. The van der Waals surface area contributed by atoms with Gasteiger partial charge in [0.2, 0.25) is 0 Å². The van der Waals surface area contributed by atoms with E-state index < -0.39 is 5.60 Å². The van der Waals surface area contributed by atoms with Crippen molar-refractivity contribution < 1.29 is 9.53 Å². The molecule has 2 heterocycles. The normalized spacial score (nSPS) is 19.6. The zero-order valence-electron chi connectivity index (χ0n) is 15.1. The standard InChI is InChI=1S/C17H30N4O2/c1-17(2,3)23-16(22)20(5)11-14-7-6-9-21(12-14)13-15-18-8-10-19(15)4/h8,10,14H,6-7,9,11-13H2,1-5H3/t14-/m0/s1. The second kappa shape index (κ2) is 7.34. The Bertz CT molecular complexity index is 521. The van der Waals surface area contributed by atoms with E-state index in [0.29, 0.717) is 5.92 Å². The fourth-order valence-corrected chi connectivity index (χ4v) is 2.99. The average molecular weight is 322 g/mol. The number of aryl methyl sites for hydroxylation is 1. The van der Waals surface area contributed by atoms with E-state index >= 15 is 0 Å². The van der Waals surface area contributed by atoms with Crippen molar-refractivity contribution in [2.75, 3.05) is 26.7 Å². The van der Waals surface area contributed by atoms with Crippen LogP contribution < -0.4 is 0 Å². The molecular formula is C17H30N4O2. The third-order valence-electron chi connectivity index (χ3n) is 4.13. The second-order valence-electron chi connectivity index (χ2n) is 7.56. The zero-order chi connectivity index (χ0) is 17.0. The van der Waals surface area contributed by atoms with Crippen LogP contribution in [0.5, 0.6) is 0 Å². The first-order chi connectivity index (χ1) is 10.7. The Labute approximate surface area is 139 Å². The van der Waals surface area contributed by atoms with Gasteiger partial charge < -0.3 is 14.2 Å². The van der Waals surface area contributed by atoms with E-state index in [9.17, 15) is 4.79 Å². The number of aromatic nitrogens is 2. The van der Waals surface area contributed by atoms with Crippen LogP contribution in [0.25, 0.3) is 0 Å². The smallest absolute Gasteiger partial charge is 0.410 e. The van der Waals surface area contributed by atoms with Gasteiger partial charge in [-0.2, -0.15) is 0 Å². The van der Waals surface area contributed by atoms with E-state index in [4.69, 9.17) is 4.74 Å². The minimum absolute atomic E-state index is 0.237. The van der Waals surface area contributed by atoms with Crippen LogP contribution in [0.2, 0.25) is 0 Å². The highest BCUT2D eigenvalue weighted by molar-refractivity contribution is 5.67. The second-order valence-corrected chi connectivity index (χ2v) is 7.56. The molecule has 0 spiro atoms. The SMILES string of the molecule is CN(C[C@@H]1CCCN(Cc2nccn2C)C1)C(=O)OC(C)(C)C. The Hall–Kier alpha value is -1.56. The summed E-state index contributed by atoms with van der Waals surface area (Å²) in [6, 6.07) is 0. The van der Waals surface area contributed by atoms with Gasteiger partial charge >= 0.3 is 6.09 Å². The van der Waals surface area contributed by atoms with Gasteiger partial charge in [0.1, 0.15) is 11.4 Å². The molecule has 1 fully saturated rings. The first kappa shape index (κ1) is 17.8. The molecule has 0 N–H and O–H groups in total. The number of likely N-dealkylation sites (tertiary alicyclic amines) is 1. The van der Waals surface area contributed by atoms with Crippen LogP contribution in [0.1, 0.15) is 39.4 Å². The van der Waals surface area contributed by atoms with Crippen LogP contribution in [0.4, 0.5) is 4.79 Å². The van der Waals surface area contributed by atoms with Crippen LogP contribution in [-0.2, 0) is 18.3 Å². The maximum Gasteiger partial charge on any atom is 0.410 e. The van der Waals surface area contributed by atoms with Crippen LogP contribution >= 0.6 is 0 Å². The molecule has 1 amide bonds. The maximum atomic E-state index is 12.1. The summed E-state index contributed by atoms with van der Waals surface area (Å²) in [5.41, 5.74) is -0.442. The molecular weight excluding hydrogens is 292 g/mol. The van der Waals surface area contributed by atoms with Gasteiger partial charge in [-0.25, -0.2) is 9.78 Å². The number of carbonyl (C=O) groups is 1. The van der Waals surface area contributed by atoms with Gasteiger partial charge in [0.25, 0.3) is 0 Å². The van der Waals surface area contributed by atoms with E-state index in [0.717, 1.165) is 44.8 Å². The molecule has 1 aliphatic heterocycles. The van der Waals surface area contributed by atoms with E-state index in [1.54, 1.807) is 4.90 Å². The summed E-state index contributed by atoms with van der Waals surface area (Å²) in [6.45, 7) is 9.40. The minimum atomic E-state index is -0.442. The topological polar surface area (TPSA) is 50.6 Å². The number of amides is 1. The fraction of sp³-hybridized carbons (Fsp3) is 0.765. The van der Waals surface area contributed by atoms with Gasteiger partial charge in [0, 0.05) is 39.6 Å². The lowest BCUT2D eigenvalue weighted by Crippen LogP contribution is -2.42. The van der Waals surface area contributed by atoms with Crippen LogP contribution in [0, 0.1) is 5.92 Å². The van der Waals surface area contributed by atoms with Crippen molar-refractivity contribution in [3.05, 3.63) is 18.2 Å². The maximum absolute atomic E-state index is 12.1. The number of carbonyl (C=O) groups excluding carboxylic acids is 1. The highest BCUT2D eigenvalue weighted by Gasteiger charge is 2.25. The predicted octanol–water partition coefficient (Wildman–Crippen LogP) is 2.50. The minimum Gasteiger partial charge on any atom is -0.444 e. The van der Waals surface area contributed by atoms with Gasteiger partial charge in [-0.15, -0.1) is 0 Å². The van der Waals surface area contributed by atoms with Crippen LogP contribution in [0.15, 0.2) is 12.4 Å². The number of nitrogens with zero attached hydrogens (tertiary/aromatic N) is 4. The van der Waals surface area contributed by atoms with Gasteiger partial charge in [0.15, 0.2) is 0 Å². The highest BCUT2D eigenvalue weighted by atomic mass is 16.6. The summed E-state index contributed by atoms with van der Waals surface area (Å²) in [7, 11) is 3.85. The fourth-order valence-electron chi connectivity index (χ4n) is 2.99. The molecule has 2 rings (SSSR count). The molecule has 1 saturated heterocycles. The van der Waals surface area contributed by atoms with Crippen molar-refractivity contribution in [1.82, 2.24) is 19.4 Å². The predicted molar refractivity (Wildman–Crippen MR) is 90.1 cm³/mol. The summed E-state index contributed by atoms with van der Waals surface area (Å²) in [5, 5.41) is 0. The summed E-state index contributed by atoms with van der Waals surface area (Å²) >= 11 is 0. The Morgan fingerprint density at radius 2 is 2.22 bits per heavy atom. The molecule has 0 aliphatic carbocycles. The summed E-state index contributed by atoms with van der Waals surface area (Å²) in [4.78, 5) is 20.6. The molecule has 1 aliphatic rings. The third kappa shape index (κ3) is 5.53. The number of hydrogen-bond acceptors (Lipinski definition) is 4. The molecule has 0 unspecified atom stereocenters. The number of hydrogen-bond donors (Lipinski definition) is 0. The molecule has 0 bridgehead atoms. The van der Waals surface area contributed by atoms with Crippen molar-refractivity contribution in [2.24, 2.45) is 13.0 Å². The summed E-state index contributed by atoms with van der Waals surface area (Å²) < 4.78 is 7.49. The molecule has 6 nitrogen and oxygen atoms in total. The number of imidazole rings is 1. The van der Waals surface area contributed by atoms with Gasteiger partial charge in [0.05, 0.1) is 6.54 Å². The number of piperidine rings is 1. The Kier molecular flexibility index (Phi) is 5.68. The number of ether oxygens (including phenoxy) is 1. The lowest BCUT2D eigenvalue weighted by atomic mass is 9.97. The van der Waals surface area contributed by atoms with E-state index in [2.05, 4.69) is 14.5 Å². The van der Waals surface area contributed by atoms with Gasteiger partial charge in [-0.05, 0) is 46.1 Å². The molecule has 1 aromatic heterocycles. The van der Waals surface area contributed by atoms with Crippen molar-refractivity contribution in [3.63, 3.8) is 0 Å². The molecule has 1 aromatic rings. The molecule has 130 valence electrons. The number of rotatable bonds is 4. The molecule has 0 radical (unpaired) electrons. The molecule has 0 saturated carbocycles.